The minimum absolute atomic E-state index is 0.0801. The zero-order valence-electron chi connectivity index (χ0n) is 28.2. The highest BCUT2D eigenvalue weighted by molar-refractivity contribution is 7.99. The van der Waals surface area contributed by atoms with Crippen molar-refractivity contribution in [2.24, 2.45) is 0 Å². The molecule has 0 spiro atoms. The van der Waals surface area contributed by atoms with Gasteiger partial charge >= 0.3 is 0 Å². The van der Waals surface area contributed by atoms with Crippen LogP contribution in [0.1, 0.15) is 58.4 Å². The molecule has 0 bridgehead atoms. The van der Waals surface area contributed by atoms with Crippen LogP contribution in [0.25, 0.3) is 11.1 Å². The maximum atomic E-state index is 14.2. The number of amides is 2. The van der Waals surface area contributed by atoms with Crippen molar-refractivity contribution in [1.82, 2.24) is 5.32 Å². The lowest BCUT2D eigenvalue weighted by Gasteiger charge is -2.36. The van der Waals surface area contributed by atoms with E-state index < -0.39 is 46.8 Å². The number of rotatable bonds is 11. The third kappa shape index (κ3) is 8.94. The Morgan fingerprint density at radius 3 is 2.06 bits per heavy atom. The van der Waals surface area contributed by atoms with Gasteiger partial charge in [0.15, 0.2) is 29.6 Å². The number of thioether (sulfide) groups is 1. The second-order valence-electron chi connectivity index (χ2n) is 12.3. The number of benzene rings is 5. The molecule has 1 aliphatic rings. The Morgan fingerprint density at radius 2 is 1.40 bits per heavy atom. The summed E-state index contributed by atoms with van der Waals surface area (Å²) in [5.74, 6) is -12.2. The number of carbonyl (C=O) groups excluding carboxylic acids is 2. The first-order chi connectivity index (χ1) is 25.5. The van der Waals surface area contributed by atoms with Crippen LogP contribution in [0.3, 0.4) is 0 Å². The molecular formula is C40H33F5N2O5S. The highest BCUT2D eigenvalue weighted by Crippen LogP contribution is 2.40. The maximum Gasteiger partial charge on any atom is 0.257 e. The van der Waals surface area contributed by atoms with Crippen LogP contribution in [0.5, 0.6) is 0 Å². The number of anilines is 1. The lowest BCUT2D eigenvalue weighted by Crippen LogP contribution is -2.31. The summed E-state index contributed by atoms with van der Waals surface area (Å²) in [7, 11) is 0. The Bertz CT molecular complexity index is 2090. The quantitative estimate of drug-likeness (QED) is 0.0541. The Kier molecular flexibility index (Phi) is 11.9. The van der Waals surface area contributed by atoms with Gasteiger partial charge < -0.3 is 25.2 Å². The van der Waals surface area contributed by atoms with Crippen LogP contribution in [-0.2, 0) is 27.4 Å². The fourth-order valence-corrected chi connectivity index (χ4v) is 6.77. The van der Waals surface area contributed by atoms with Gasteiger partial charge in [-0.25, -0.2) is 22.0 Å². The van der Waals surface area contributed by atoms with E-state index in [0.717, 1.165) is 32.7 Å². The van der Waals surface area contributed by atoms with Crippen LogP contribution in [0.15, 0.2) is 102 Å². The van der Waals surface area contributed by atoms with Crippen molar-refractivity contribution >= 4 is 29.3 Å². The van der Waals surface area contributed by atoms with Crippen molar-refractivity contribution in [3.63, 3.8) is 0 Å². The number of hydrogen-bond acceptors (Lipinski definition) is 6. The zero-order chi connectivity index (χ0) is 37.6. The molecule has 6 rings (SSSR count). The second kappa shape index (κ2) is 16.7. The van der Waals surface area contributed by atoms with Crippen LogP contribution in [0, 0.1) is 29.1 Å². The molecule has 1 aliphatic heterocycles. The van der Waals surface area contributed by atoms with E-state index in [1.54, 1.807) is 30.0 Å². The van der Waals surface area contributed by atoms with Gasteiger partial charge in [0.05, 0.1) is 18.8 Å². The molecule has 0 radical (unpaired) electrons. The topological polar surface area (TPSA) is 96.9 Å². The lowest BCUT2D eigenvalue weighted by atomic mass is 9.99. The first-order valence-corrected chi connectivity index (χ1v) is 17.5. The summed E-state index contributed by atoms with van der Waals surface area (Å²) < 4.78 is 82.2. The minimum Gasteiger partial charge on any atom is -0.392 e. The summed E-state index contributed by atoms with van der Waals surface area (Å²) in [5.41, 5.74) is 3.58. The number of aliphatic hydroxyl groups is 1. The summed E-state index contributed by atoms with van der Waals surface area (Å²) >= 11 is 1.61. The second-order valence-corrected chi connectivity index (χ2v) is 13.4. The third-order valence-electron chi connectivity index (χ3n) is 8.53. The lowest BCUT2D eigenvalue weighted by molar-refractivity contribution is -0.245. The molecule has 3 atom stereocenters. The van der Waals surface area contributed by atoms with E-state index in [2.05, 4.69) is 10.6 Å². The molecule has 7 nitrogen and oxygen atoms in total. The van der Waals surface area contributed by atoms with Crippen LogP contribution >= 0.6 is 11.8 Å². The van der Waals surface area contributed by atoms with Gasteiger partial charge in [-0.3, -0.25) is 9.59 Å². The van der Waals surface area contributed by atoms with Gasteiger partial charge in [0.1, 0.15) is 5.56 Å². The molecule has 53 heavy (non-hydrogen) atoms. The highest BCUT2D eigenvalue weighted by atomic mass is 32.2. The predicted molar refractivity (Wildman–Crippen MR) is 189 cm³/mol. The van der Waals surface area contributed by atoms with Crippen molar-refractivity contribution in [3.8, 4) is 11.1 Å². The molecule has 3 N–H and O–H groups in total. The van der Waals surface area contributed by atoms with Crippen molar-refractivity contribution in [2.45, 2.75) is 49.9 Å². The summed E-state index contributed by atoms with van der Waals surface area (Å²) in [6.07, 6.45) is -0.709. The molecule has 1 heterocycles. The van der Waals surface area contributed by atoms with Crippen molar-refractivity contribution in [3.05, 3.63) is 154 Å². The normalized spacial score (nSPS) is 17.0. The van der Waals surface area contributed by atoms with Gasteiger partial charge in [-0.05, 0) is 64.2 Å². The first kappa shape index (κ1) is 37.7. The Morgan fingerprint density at radius 1 is 0.755 bits per heavy atom. The molecule has 2 amide bonds. The Balaban J connectivity index is 1.19. The SMILES string of the molecule is CC(=O)Nc1ccc(SC[C@@H]2C[C@H](c3ccc(CO)cc3)O[C@H](c3cccc(-c4cccc(CNC(=O)c5c(F)c(F)c(F)c(F)c5F)c4)c3)O2)cc1. The molecule has 5 aromatic carbocycles. The van der Waals surface area contributed by atoms with Crippen LogP contribution < -0.4 is 10.6 Å². The fraction of sp³-hybridized carbons (Fsp3) is 0.200. The largest absolute Gasteiger partial charge is 0.392 e. The van der Waals surface area contributed by atoms with Crippen molar-refractivity contribution in [1.29, 1.82) is 0 Å². The number of nitrogens with one attached hydrogen (secondary N) is 2. The molecule has 0 aromatic heterocycles. The van der Waals surface area contributed by atoms with E-state index >= 15 is 0 Å². The van der Waals surface area contributed by atoms with Crippen LogP contribution in [0.2, 0.25) is 0 Å². The first-order valence-electron chi connectivity index (χ1n) is 16.5. The summed E-state index contributed by atoms with van der Waals surface area (Å²) in [4.78, 5) is 24.9. The van der Waals surface area contributed by atoms with Gasteiger partial charge in [-0.1, -0.05) is 60.7 Å². The number of aliphatic hydroxyl groups excluding tert-OH is 1. The standard InChI is InChI=1S/C40H33F5N2O5S/c1-22(49)47-29-12-14-31(15-13-29)53-21-30-18-32(25-10-8-23(20-48)9-11-25)52-40(51-30)28-7-3-6-27(17-28)26-5-2-4-24(16-26)19-46-39(50)33-34(41)36(43)38(45)37(44)35(33)42/h2-17,30,32,40,48H,18-21H2,1H3,(H,46,50)(H,47,49)/t30-,32+,40+/m0/s1. The molecule has 0 unspecified atom stereocenters. The third-order valence-corrected chi connectivity index (χ3v) is 9.68. The monoisotopic (exact) mass is 748 g/mol. The van der Waals surface area contributed by atoms with Gasteiger partial charge in [-0.15, -0.1) is 11.8 Å². The smallest absolute Gasteiger partial charge is 0.257 e. The molecule has 0 aliphatic carbocycles. The Hall–Kier alpha value is -5.08. The summed E-state index contributed by atoms with van der Waals surface area (Å²) in [5, 5.41) is 14.5. The molecule has 1 fully saturated rings. The molecule has 0 saturated carbocycles. The molecule has 1 saturated heterocycles. The molecule has 5 aromatic rings. The average Bonchev–Trinajstić information content (AvgIpc) is 3.18. The molecule has 13 heteroatoms. The van der Waals surface area contributed by atoms with Gasteiger partial charge in [0.25, 0.3) is 5.91 Å². The van der Waals surface area contributed by atoms with Crippen LogP contribution in [-0.4, -0.2) is 28.8 Å². The average molecular weight is 749 g/mol. The van der Waals surface area contributed by atoms with Crippen molar-refractivity contribution in [2.75, 3.05) is 11.1 Å². The van der Waals surface area contributed by atoms with E-state index in [4.69, 9.17) is 9.47 Å². The van der Waals surface area contributed by atoms with E-state index in [1.165, 1.54) is 6.92 Å². The molecule has 274 valence electrons. The number of hydrogen-bond donors (Lipinski definition) is 3. The number of carbonyl (C=O) groups is 2. The maximum absolute atomic E-state index is 14.2. The van der Waals surface area contributed by atoms with Crippen molar-refractivity contribution < 1.29 is 46.1 Å². The van der Waals surface area contributed by atoms with E-state index in [1.807, 2.05) is 78.9 Å². The zero-order valence-corrected chi connectivity index (χ0v) is 29.0. The fourth-order valence-electron chi connectivity index (χ4n) is 5.85. The van der Waals surface area contributed by atoms with E-state index in [-0.39, 0.29) is 31.3 Å². The minimum atomic E-state index is -2.34. The molecular weight excluding hydrogens is 716 g/mol. The van der Waals surface area contributed by atoms with Gasteiger partial charge in [-0.2, -0.15) is 0 Å². The van der Waals surface area contributed by atoms with Crippen LogP contribution in [0.4, 0.5) is 27.6 Å². The summed E-state index contributed by atoms with van der Waals surface area (Å²) in [6, 6.07) is 29.5. The highest BCUT2D eigenvalue weighted by Gasteiger charge is 2.33. The number of ether oxygens (including phenoxy) is 2. The van der Waals surface area contributed by atoms with Gasteiger partial charge in [0.2, 0.25) is 11.7 Å². The number of halogens is 5. The predicted octanol–water partition coefficient (Wildman–Crippen LogP) is 8.77. The Labute approximate surface area is 306 Å². The van der Waals surface area contributed by atoms with Gasteiger partial charge in [0, 0.05) is 41.8 Å². The van der Waals surface area contributed by atoms with E-state index in [0.29, 0.717) is 23.4 Å². The summed E-state index contributed by atoms with van der Waals surface area (Å²) in [6.45, 7) is 1.11. The van der Waals surface area contributed by atoms with E-state index in [9.17, 15) is 36.6 Å².